The summed E-state index contributed by atoms with van der Waals surface area (Å²) in [6, 6.07) is 1.32. The first-order valence-electron chi connectivity index (χ1n) is 5.47. The topological polar surface area (TPSA) is 101 Å². The van der Waals surface area contributed by atoms with Crippen LogP contribution in [0, 0.1) is 0 Å². The van der Waals surface area contributed by atoms with Gasteiger partial charge in [0.1, 0.15) is 5.01 Å². The number of carbonyl (C=O) groups excluding carboxylic acids is 1. The molecule has 0 saturated heterocycles. The second-order valence-electron chi connectivity index (χ2n) is 3.43. The lowest BCUT2D eigenvalue weighted by Crippen LogP contribution is -2.15. The van der Waals surface area contributed by atoms with Crippen LogP contribution in [0.4, 0.5) is 5.13 Å². The van der Waals surface area contributed by atoms with Crippen molar-refractivity contribution in [2.45, 2.75) is 18.5 Å². The second kappa shape index (κ2) is 6.43. The van der Waals surface area contributed by atoms with Gasteiger partial charge >= 0.3 is 0 Å². The average molecular weight is 297 g/mol. The Morgan fingerprint density at radius 3 is 3.05 bits per heavy atom. The summed E-state index contributed by atoms with van der Waals surface area (Å²) in [6.07, 6.45) is 2.19. The second-order valence-corrected chi connectivity index (χ2v) is 5.46. The summed E-state index contributed by atoms with van der Waals surface area (Å²) >= 11 is 2.50. The predicted octanol–water partition coefficient (Wildman–Crippen LogP) is 0.915. The third-order valence-corrected chi connectivity index (χ3v) is 3.87. The highest BCUT2D eigenvalue weighted by molar-refractivity contribution is 7.99. The van der Waals surface area contributed by atoms with Crippen LogP contribution in [0.25, 0.3) is 0 Å². The number of carbonyl (C=O) groups is 1. The van der Waals surface area contributed by atoms with Crippen molar-refractivity contribution in [2.75, 3.05) is 11.1 Å². The Balaban J connectivity index is 1.86. The molecule has 0 saturated carbocycles. The fourth-order valence-electron chi connectivity index (χ4n) is 1.16. The zero-order valence-corrected chi connectivity index (χ0v) is 11.7. The SMILES string of the molecule is CCc1nnc(NC(=O)CSc2nccc(=O)[nH]2)s1. The van der Waals surface area contributed by atoms with Gasteiger partial charge in [-0.1, -0.05) is 30.0 Å². The molecule has 0 fully saturated rings. The van der Waals surface area contributed by atoms with E-state index < -0.39 is 0 Å². The molecule has 2 aromatic rings. The summed E-state index contributed by atoms with van der Waals surface area (Å²) in [5, 5.41) is 12.2. The van der Waals surface area contributed by atoms with Crippen molar-refractivity contribution in [3.63, 3.8) is 0 Å². The van der Waals surface area contributed by atoms with Crippen LogP contribution in [0.5, 0.6) is 0 Å². The molecule has 0 aliphatic rings. The van der Waals surface area contributed by atoms with E-state index in [1.165, 1.54) is 23.6 Å². The predicted molar refractivity (Wildman–Crippen MR) is 73.5 cm³/mol. The van der Waals surface area contributed by atoms with Gasteiger partial charge in [-0.3, -0.25) is 14.9 Å². The number of anilines is 1. The van der Waals surface area contributed by atoms with Gasteiger partial charge in [0.05, 0.1) is 5.75 Å². The van der Waals surface area contributed by atoms with Crippen molar-refractivity contribution >= 4 is 34.1 Å². The van der Waals surface area contributed by atoms with Crippen LogP contribution in [0.2, 0.25) is 0 Å². The maximum absolute atomic E-state index is 11.7. The minimum absolute atomic E-state index is 0.147. The smallest absolute Gasteiger partial charge is 0.251 e. The van der Waals surface area contributed by atoms with Crippen molar-refractivity contribution < 1.29 is 4.79 Å². The first kappa shape index (κ1) is 13.7. The van der Waals surface area contributed by atoms with Gasteiger partial charge in [0.15, 0.2) is 5.16 Å². The Kier molecular flexibility index (Phi) is 4.63. The molecule has 2 N–H and O–H groups in total. The Hall–Kier alpha value is -1.74. The largest absolute Gasteiger partial charge is 0.301 e. The van der Waals surface area contributed by atoms with E-state index in [1.807, 2.05) is 6.92 Å². The number of rotatable bonds is 5. The minimum atomic E-state index is -0.241. The molecular weight excluding hydrogens is 286 g/mol. The maximum Gasteiger partial charge on any atom is 0.251 e. The number of hydrogen-bond acceptors (Lipinski definition) is 7. The van der Waals surface area contributed by atoms with Crippen molar-refractivity contribution in [2.24, 2.45) is 0 Å². The number of nitrogens with zero attached hydrogens (tertiary/aromatic N) is 3. The van der Waals surface area contributed by atoms with Crippen molar-refractivity contribution in [1.82, 2.24) is 20.2 Å². The van der Waals surface area contributed by atoms with E-state index in [4.69, 9.17) is 0 Å². The van der Waals surface area contributed by atoms with Crippen LogP contribution < -0.4 is 10.9 Å². The van der Waals surface area contributed by atoms with Crippen LogP contribution in [0.15, 0.2) is 22.2 Å². The molecule has 2 heterocycles. The van der Waals surface area contributed by atoms with Gasteiger partial charge in [0.2, 0.25) is 11.0 Å². The van der Waals surface area contributed by atoms with Gasteiger partial charge in [0.25, 0.3) is 5.56 Å². The number of thioether (sulfide) groups is 1. The van der Waals surface area contributed by atoms with E-state index in [1.54, 1.807) is 0 Å². The molecule has 1 amide bonds. The summed E-state index contributed by atoms with van der Waals surface area (Å²) in [4.78, 5) is 29.2. The number of H-pyrrole nitrogens is 1. The highest BCUT2D eigenvalue weighted by atomic mass is 32.2. The molecule has 0 spiro atoms. The van der Waals surface area contributed by atoms with Gasteiger partial charge in [-0.05, 0) is 6.42 Å². The Labute approximate surface area is 116 Å². The van der Waals surface area contributed by atoms with E-state index in [0.717, 1.165) is 23.2 Å². The minimum Gasteiger partial charge on any atom is -0.301 e. The van der Waals surface area contributed by atoms with Gasteiger partial charge < -0.3 is 4.98 Å². The number of aromatic nitrogens is 4. The molecule has 2 aromatic heterocycles. The molecule has 19 heavy (non-hydrogen) atoms. The van der Waals surface area contributed by atoms with Crippen LogP contribution >= 0.6 is 23.1 Å². The molecule has 0 atom stereocenters. The Morgan fingerprint density at radius 1 is 1.53 bits per heavy atom. The van der Waals surface area contributed by atoms with Crippen LogP contribution in [0.1, 0.15) is 11.9 Å². The zero-order chi connectivity index (χ0) is 13.7. The van der Waals surface area contributed by atoms with Crippen molar-refractivity contribution in [3.05, 3.63) is 27.6 Å². The normalized spacial score (nSPS) is 10.4. The summed E-state index contributed by atoms with van der Waals surface area (Å²) in [7, 11) is 0. The molecule has 0 aliphatic heterocycles. The Bertz CT molecular complexity index is 624. The van der Waals surface area contributed by atoms with E-state index in [9.17, 15) is 9.59 Å². The fourth-order valence-corrected chi connectivity index (χ4v) is 2.51. The van der Waals surface area contributed by atoms with Crippen LogP contribution in [-0.2, 0) is 11.2 Å². The number of amides is 1. The van der Waals surface area contributed by atoms with Crippen molar-refractivity contribution in [1.29, 1.82) is 0 Å². The molecule has 0 bridgehead atoms. The highest BCUT2D eigenvalue weighted by Crippen LogP contribution is 2.16. The number of aryl methyl sites for hydroxylation is 1. The lowest BCUT2D eigenvalue weighted by molar-refractivity contribution is -0.113. The molecule has 0 radical (unpaired) electrons. The Morgan fingerprint density at radius 2 is 2.37 bits per heavy atom. The van der Waals surface area contributed by atoms with E-state index in [0.29, 0.717) is 10.3 Å². The third kappa shape index (κ3) is 4.14. The fraction of sp³-hybridized carbons (Fsp3) is 0.300. The molecule has 2 rings (SSSR count). The zero-order valence-electron chi connectivity index (χ0n) is 10.0. The molecule has 9 heteroatoms. The highest BCUT2D eigenvalue weighted by Gasteiger charge is 2.08. The van der Waals surface area contributed by atoms with Gasteiger partial charge in [0, 0.05) is 12.3 Å². The average Bonchev–Trinajstić information content (AvgIpc) is 2.84. The molecule has 0 unspecified atom stereocenters. The number of aromatic amines is 1. The molecule has 7 nitrogen and oxygen atoms in total. The number of hydrogen-bond donors (Lipinski definition) is 2. The van der Waals surface area contributed by atoms with Gasteiger partial charge in [-0.2, -0.15) is 0 Å². The van der Waals surface area contributed by atoms with Crippen molar-refractivity contribution in [3.8, 4) is 0 Å². The van der Waals surface area contributed by atoms with E-state index in [2.05, 4.69) is 25.5 Å². The summed E-state index contributed by atoms with van der Waals surface area (Å²) < 4.78 is 0. The molecule has 0 aliphatic carbocycles. The standard InChI is InChI=1S/C10H11N5O2S2/c1-2-8-14-15-10(19-8)13-7(17)5-18-9-11-4-3-6(16)12-9/h3-4H,2,5H2,1H3,(H,11,12,16)(H,13,15,17). The molecule has 100 valence electrons. The molecular formula is C10H11N5O2S2. The summed E-state index contributed by atoms with van der Waals surface area (Å²) in [5.41, 5.74) is -0.241. The lowest BCUT2D eigenvalue weighted by Gasteiger charge is -2.00. The first-order valence-corrected chi connectivity index (χ1v) is 7.28. The quantitative estimate of drug-likeness (QED) is 0.628. The van der Waals surface area contributed by atoms with Crippen LogP contribution in [0.3, 0.4) is 0 Å². The van der Waals surface area contributed by atoms with Gasteiger partial charge in [-0.25, -0.2) is 4.98 Å². The molecule has 0 aromatic carbocycles. The lowest BCUT2D eigenvalue weighted by atomic mass is 10.5. The summed E-state index contributed by atoms with van der Waals surface area (Å²) in [5.74, 6) is -0.0659. The summed E-state index contributed by atoms with van der Waals surface area (Å²) in [6.45, 7) is 1.97. The first-order chi connectivity index (χ1) is 9.17. The maximum atomic E-state index is 11.7. The van der Waals surface area contributed by atoms with E-state index in [-0.39, 0.29) is 17.2 Å². The third-order valence-electron chi connectivity index (χ3n) is 2.00. The van der Waals surface area contributed by atoms with Gasteiger partial charge in [-0.15, -0.1) is 10.2 Å². The number of nitrogens with one attached hydrogen (secondary N) is 2. The monoisotopic (exact) mass is 297 g/mol. The van der Waals surface area contributed by atoms with Crippen LogP contribution in [-0.4, -0.2) is 31.8 Å². The van der Waals surface area contributed by atoms with E-state index >= 15 is 0 Å².